The minimum absolute atomic E-state index is 0.544. The Bertz CT molecular complexity index is 255. The van der Waals surface area contributed by atoms with Crippen LogP contribution in [0.15, 0.2) is 24.3 Å². The summed E-state index contributed by atoms with van der Waals surface area (Å²) in [5.41, 5.74) is 1.34. The molecule has 0 aliphatic heterocycles. The molecule has 2 unspecified atom stereocenters. The van der Waals surface area contributed by atoms with E-state index in [1.54, 1.807) is 0 Å². The van der Waals surface area contributed by atoms with Gasteiger partial charge in [0.1, 0.15) is 0 Å². The van der Waals surface area contributed by atoms with Crippen LogP contribution in [0.4, 0.5) is 0 Å². The zero-order valence-electron chi connectivity index (χ0n) is 7.93. The molecule has 0 saturated carbocycles. The summed E-state index contributed by atoms with van der Waals surface area (Å²) in [6, 6.07) is 8.08. The third-order valence-corrected chi connectivity index (χ3v) is 4.02. The fourth-order valence-electron chi connectivity index (χ4n) is 1.33. The van der Waals surface area contributed by atoms with Gasteiger partial charge in [-0.05, 0) is 30.0 Å². The third-order valence-electron chi connectivity index (χ3n) is 2.33. The molecule has 0 nitrogen and oxygen atoms in total. The van der Waals surface area contributed by atoms with Gasteiger partial charge >= 0.3 is 0 Å². The van der Waals surface area contributed by atoms with Crippen LogP contribution in [0, 0.1) is 0 Å². The fourth-order valence-corrected chi connectivity index (χ4v) is 1.76. The number of hydrogen-bond acceptors (Lipinski definition) is 0. The maximum atomic E-state index is 5.82. The highest BCUT2D eigenvalue weighted by Crippen LogP contribution is 2.27. The molecule has 0 aliphatic carbocycles. The molecule has 1 aromatic carbocycles. The molecule has 0 spiro atoms. The van der Waals surface area contributed by atoms with Gasteiger partial charge in [-0.2, -0.15) is 0 Å². The van der Waals surface area contributed by atoms with Crippen LogP contribution in [0.2, 0.25) is 5.02 Å². The largest absolute Gasteiger partial charge is 0.0884 e. The number of hydrogen-bond donors (Lipinski definition) is 0. The van der Waals surface area contributed by atoms with E-state index < -0.39 is 0 Å². The number of halogens is 2. The molecule has 13 heavy (non-hydrogen) atoms. The van der Waals surface area contributed by atoms with Crippen LogP contribution in [0.5, 0.6) is 0 Å². The van der Waals surface area contributed by atoms with E-state index in [9.17, 15) is 0 Å². The number of alkyl halides is 1. The zero-order valence-corrected chi connectivity index (χ0v) is 10.3. The summed E-state index contributed by atoms with van der Waals surface area (Å²) in [6.45, 7) is 4.41. The van der Waals surface area contributed by atoms with Crippen molar-refractivity contribution in [2.75, 3.05) is 0 Å². The molecule has 0 saturated heterocycles. The normalized spacial score (nSPS) is 15.4. The summed E-state index contributed by atoms with van der Waals surface area (Å²) in [5.74, 6) is 0.544. The molecular formula is C11H14BrCl. The van der Waals surface area contributed by atoms with Crippen LogP contribution in [-0.2, 0) is 0 Å². The van der Waals surface area contributed by atoms with Gasteiger partial charge in [0.15, 0.2) is 0 Å². The van der Waals surface area contributed by atoms with Crippen LogP contribution in [0.3, 0.4) is 0 Å². The van der Waals surface area contributed by atoms with E-state index in [-0.39, 0.29) is 0 Å². The van der Waals surface area contributed by atoms with Gasteiger partial charge in [-0.15, -0.1) is 0 Å². The summed E-state index contributed by atoms with van der Waals surface area (Å²) in [4.78, 5) is 0.550. The maximum Gasteiger partial charge on any atom is 0.0406 e. The quantitative estimate of drug-likeness (QED) is 0.697. The Morgan fingerprint density at radius 3 is 2.31 bits per heavy atom. The van der Waals surface area contributed by atoms with E-state index >= 15 is 0 Å². The first kappa shape index (κ1) is 11.1. The summed E-state index contributed by atoms with van der Waals surface area (Å²) in [7, 11) is 0. The fraction of sp³-hybridized carbons (Fsp3) is 0.455. The van der Waals surface area contributed by atoms with Crippen molar-refractivity contribution in [3.05, 3.63) is 34.9 Å². The topological polar surface area (TPSA) is 0 Å². The molecule has 0 aromatic heterocycles. The Hall–Kier alpha value is -0.0100. The second kappa shape index (κ2) is 5.02. The molecule has 1 aromatic rings. The predicted octanol–water partition coefficient (Wildman–Crippen LogP) is 4.62. The Morgan fingerprint density at radius 1 is 1.31 bits per heavy atom. The first-order valence-corrected chi connectivity index (χ1v) is 5.84. The Morgan fingerprint density at radius 2 is 1.85 bits per heavy atom. The lowest BCUT2D eigenvalue weighted by Gasteiger charge is -2.16. The van der Waals surface area contributed by atoms with Gasteiger partial charge in [-0.25, -0.2) is 0 Å². The average molecular weight is 262 g/mol. The molecule has 1 rings (SSSR count). The molecule has 0 fully saturated rings. The SMILES string of the molecule is CCC(Br)C(C)c1ccc(Cl)cc1. The van der Waals surface area contributed by atoms with Crippen molar-refractivity contribution < 1.29 is 0 Å². The molecule has 0 radical (unpaired) electrons. The van der Waals surface area contributed by atoms with E-state index in [0.717, 1.165) is 11.4 Å². The zero-order chi connectivity index (χ0) is 9.84. The summed E-state index contributed by atoms with van der Waals surface area (Å²) < 4.78 is 0. The third kappa shape index (κ3) is 2.99. The van der Waals surface area contributed by atoms with Gasteiger partial charge in [0, 0.05) is 9.85 Å². The van der Waals surface area contributed by atoms with Crippen LogP contribution < -0.4 is 0 Å². The van der Waals surface area contributed by atoms with Crippen molar-refractivity contribution in [1.82, 2.24) is 0 Å². The standard InChI is InChI=1S/C11H14BrCl/c1-3-11(12)8(2)9-4-6-10(13)7-5-9/h4-8,11H,3H2,1-2H3. The Kier molecular flexibility index (Phi) is 4.27. The van der Waals surface area contributed by atoms with Crippen molar-refractivity contribution in [1.29, 1.82) is 0 Å². The van der Waals surface area contributed by atoms with Crippen molar-refractivity contribution in [2.24, 2.45) is 0 Å². The van der Waals surface area contributed by atoms with Crippen LogP contribution >= 0.6 is 27.5 Å². The van der Waals surface area contributed by atoms with Gasteiger partial charge in [-0.1, -0.05) is 53.5 Å². The maximum absolute atomic E-state index is 5.82. The monoisotopic (exact) mass is 260 g/mol. The lowest BCUT2D eigenvalue weighted by molar-refractivity contribution is 0.694. The van der Waals surface area contributed by atoms with E-state index in [1.807, 2.05) is 12.1 Å². The Labute approximate surface area is 93.4 Å². The number of benzene rings is 1. The smallest absolute Gasteiger partial charge is 0.0406 e. The van der Waals surface area contributed by atoms with Gasteiger partial charge in [-0.3, -0.25) is 0 Å². The van der Waals surface area contributed by atoms with E-state index in [4.69, 9.17) is 11.6 Å². The minimum atomic E-state index is 0.544. The lowest BCUT2D eigenvalue weighted by Crippen LogP contribution is -2.07. The van der Waals surface area contributed by atoms with Crippen molar-refractivity contribution in [2.45, 2.75) is 31.0 Å². The molecule has 0 bridgehead atoms. The second-order valence-electron chi connectivity index (χ2n) is 3.26. The molecule has 2 heteroatoms. The first-order valence-electron chi connectivity index (χ1n) is 4.54. The molecule has 2 atom stereocenters. The van der Waals surface area contributed by atoms with Crippen molar-refractivity contribution >= 4 is 27.5 Å². The van der Waals surface area contributed by atoms with E-state index in [0.29, 0.717) is 10.7 Å². The van der Waals surface area contributed by atoms with E-state index in [2.05, 4.69) is 41.9 Å². The highest BCUT2D eigenvalue weighted by Gasteiger charge is 2.13. The molecule has 0 N–H and O–H groups in total. The van der Waals surface area contributed by atoms with Gasteiger partial charge in [0.2, 0.25) is 0 Å². The molecule has 0 amide bonds. The van der Waals surface area contributed by atoms with Crippen LogP contribution in [0.25, 0.3) is 0 Å². The highest BCUT2D eigenvalue weighted by molar-refractivity contribution is 9.09. The van der Waals surface area contributed by atoms with Crippen LogP contribution in [-0.4, -0.2) is 4.83 Å². The lowest BCUT2D eigenvalue weighted by atomic mass is 9.97. The summed E-state index contributed by atoms with van der Waals surface area (Å²) in [6.07, 6.45) is 1.14. The predicted molar refractivity (Wildman–Crippen MR) is 62.9 cm³/mol. The molecule has 72 valence electrons. The second-order valence-corrected chi connectivity index (χ2v) is 4.88. The summed E-state index contributed by atoms with van der Waals surface area (Å²) >= 11 is 9.48. The Balaban J connectivity index is 2.77. The summed E-state index contributed by atoms with van der Waals surface area (Å²) in [5, 5.41) is 0.804. The van der Waals surface area contributed by atoms with Gasteiger partial charge in [0.25, 0.3) is 0 Å². The van der Waals surface area contributed by atoms with E-state index in [1.165, 1.54) is 5.56 Å². The van der Waals surface area contributed by atoms with Gasteiger partial charge < -0.3 is 0 Å². The first-order chi connectivity index (χ1) is 6.15. The molecule has 0 aliphatic rings. The molecule has 0 heterocycles. The molecular weight excluding hydrogens is 247 g/mol. The highest BCUT2D eigenvalue weighted by atomic mass is 79.9. The van der Waals surface area contributed by atoms with Crippen molar-refractivity contribution in [3.8, 4) is 0 Å². The van der Waals surface area contributed by atoms with Crippen molar-refractivity contribution in [3.63, 3.8) is 0 Å². The average Bonchev–Trinajstić information content (AvgIpc) is 2.17. The minimum Gasteiger partial charge on any atom is -0.0884 e. The van der Waals surface area contributed by atoms with Crippen LogP contribution in [0.1, 0.15) is 31.7 Å². The van der Waals surface area contributed by atoms with Gasteiger partial charge in [0.05, 0.1) is 0 Å². The number of rotatable bonds is 3.